The molecule has 0 saturated carbocycles. The van der Waals surface area contributed by atoms with Crippen LogP contribution in [0.2, 0.25) is 0 Å². The van der Waals surface area contributed by atoms with Crippen molar-refractivity contribution in [1.82, 2.24) is 9.88 Å². The summed E-state index contributed by atoms with van der Waals surface area (Å²) in [5, 5.41) is 22.7. The third-order valence-corrected chi connectivity index (χ3v) is 7.89. The number of likely N-dealkylation sites (tertiary alicyclic amines) is 1. The number of pyridine rings is 1. The minimum atomic E-state index is -0.646. The first-order valence-electron chi connectivity index (χ1n) is 13.1. The van der Waals surface area contributed by atoms with Gasteiger partial charge in [0.2, 0.25) is 0 Å². The Kier molecular flexibility index (Phi) is 8.83. The van der Waals surface area contributed by atoms with Gasteiger partial charge in [0.25, 0.3) is 0 Å². The molecule has 1 aliphatic rings. The average Bonchev–Trinajstić information content (AvgIpc) is 2.92. The summed E-state index contributed by atoms with van der Waals surface area (Å²) in [6, 6.07) is 16.5. The molecule has 6 heteroatoms. The zero-order valence-corrected chi connectivity index (χ0v) is 22.0. The van der Waals surface area contributed by atoms with E-state index in [1.54, 1.807) is 7.11 Å². The van der Waals surface area contributed by atoms with Crippen LogP contribution in [0.1, 0.15) is 49.3 Å². The first-order chi connectivity index (χ1) is 17.4. The normalized spacial score (nSPS) is 16.7. The Labute approximate surface area is 215 Å². The van der Waals surface area contributed by atoms with E-state index in [2.05, 4.69) is 40.2 Å². The second kappa shape index (κ2) is 12.0. The van der Waals surface area contributed by atoms with Gasteiger partial charge in [0.15, 0.2) is 0 Å². The minimum Gasteiger partial charge on any atom is -0.497 e. The number of aromatic nitrogens is 1. The van der Waals surface area contributed by atoms with Gasteiger partial charge in [-0.05, 0) is 87.3 Å². The van der Waals surface area contributed by atoms with Crippen molar-refractivity contribution in [3.05, 3.63) is 65.9 Å². The molecule has 0 unspecified atom stereocenters. The van der Waals surface area contributed by atoms with E-state index in [1.807, 2.05) is 43.4 Å². The van der Waals surface area contributed by atoms with Crippen LogP contribution < -0.4 is 9.64 Å². The lowest BCUT2D eigenvalue weighted by Gasteiger charge is -2.41. The van der Waals surface area contributed by atoms with E-state index in [1.165, 1.54) is 5.56 Å². The highest BCUT2D eigenvalue weighted by molar-refractivity contribution is 5.88. The molecule has 0 radical (unpaired) electrons. The number of piperidine rings is 1. The minimum absolute atomic E-state index is 0.129. The van der Waals surface area contributed by atoms with Crippen molar-refractivity contribution in [3.8, 4) is 5.75 Å². The fraction of sp³-hybridized carbons (Fsp3) is 0.500. The van der Waals surface area contributed by atoms with Crippen molar-refractivity contribution in [2.24, 2.45) is 5.41 Å². The zero-order valence-electron chi connectivity index (χ0n) is 22.0. The summed E-state index contributed by atoms with van der Waals surface area (Å²) in [6.07, 6.45) is 6.78. The van der Waals surface area contributed by atoms with Crippen molar-refractivity contribution in [3.63, 3.8) is 0 Å². The highest BCUT2D eigenvalue weighted by atomic mass is 16.5. The van der Waals surface area contributed by atoms with Gasteiger partial charge in [-0.3, -0.25) is 4.98 Å². The molecule has 4 rings (SSSR count). The van der Waals surface area contributed by atoms with Crippen molar-refractivity contribution in [2.75, 3.05) is 52.3 Å². The molecule has 36 heavy (non-hydrogen) atoms. The number of hydrogen-bond donors (Lipinski definition) is 2. The van der Waals surface area contributed by atoms with E-state index in [0.717, 1.165) is 79.6 Å². The summed E-state index contributed by atoms with van der Waals surface area (Å²) in [6.45, 7) is 3.27. The number of aliphatic hydroxyl groups is 2. The van der Waals surface area contributed by atoms with Gasteiger partial charge >= 0.3 is 0 Å². The van der Waals surface area contributed by atoms with E-state index < -0.39 is 6.10 Å². The monoisotopic (exact) mass is 491 g/mol. The first kappa shape index (κ1) is 26.4. The number of ether oxygens (including phenoxy) is 1. The van der Waals surface area contributed by atoms with Gasteiger partial charge < -0.3 is 24.7 Å². The van der Waals surface area contributed by atoms with Crippen molar-refractivity contribution in [1.29, 1.82) is 0 Å². The first-order valence-corrected chi connectivity index (χ1v) is 13.1. The summed E-state index contributed by atoms with van der Waals surface area (Å²) < 4.78 is 5.45. The Balaban J connectivity index is 1.39. The van der Waals surface area contributed by atoms with Crippen molar-refractivity contribution >= 4 is 16.6 Å². The van der Waals surface area contributed by atoms with Crippen LogP contribution in [0.4, 0.5) is 5.69 Å². The topological polar surface area (TPSA) is 69.1 Å². The molecule has 2 heterocycles. The molecule has 0 aliphatic carbocycles. The largest absolute Gasteiger partial charge is 0.497 e. The Morgan fingerprint density at radius 3 is 2.53 bits per heavy atom. The molecule has 1 fully saturated rings. The Morgan fingerprint density at radius 1 is 1.11 bits per heavy atom. The lowest BCUT2D eigenvalue weighted by Crippen LogP contribution is -2.42. The molecule has 0 spiro atoms. The molecular formula is C30H41N3O3. The van der Waals surface area contributed by atoms with E-state index in [4.69, 9.17) is 4.74 Å². The molecule has 6 nitrogen and oxygen atoms in total. The fourth-order valence-electron chi connectivity index (χ4n) is 5.49. The summed E-state index contributed by atoms with van der Waals surface area (Å²) in [5.74, 6) is 0.750. The van der Waals surface area contributed by atoms with E-state index in [-0.39, 0.29) is 12.0 Å². The second-order valence-electron chi connectivity index (χ2n) is 10.5. The lowest BCUT2D eigenvalue weighted by molar-refractivity contribution is 0.0235. The Morgan fingerprint density at radius 2 is 1.86 bits per heavy atom. The average molecular weight is 492 g/mol. The van der Waals surface area contributed by atoms with E-state index in [9.17, 15) is 10.2 Å². The quantitative estimate of drug-likeness (QED) is 0.400. The van der Waals surface area contributed by atoms with Crippen molar-refractivity contribution in [2.45, 2.75) is 44.6 Å². The maximum atomic E-state index is 11.4. The number of rotatable bonds is 11. The second-order valence-corrected chi connectivity index (χ2v) is 10.5. The molecule has 3 aromatic rings. The highest BCUT2D eigenvalue weighted by Crippen LogP contribution is 2.41. The highest BCUT2D eigenvalue weighted by Gasteiger charge is 2.34. The third kappa shape index (κ3) is 6.17. The van der Waals surface area contributed by atoms with Gasteiger partial charge in [-0.15, -0.1) is 0 Å². The molecule has 1 aromatic heterocycles. The molecule has 0 amide bonds. The Hall–Kier alpha value is -2.67. The lowest BCUT2D eigenvalue weighted by atomic mass is 9.74. The zero-order chi connectivity index (χ0) is 25.5. The van der Waals surface area contributed by atoms with Crippen LogP contribution >= 0.6 is 0 Å². The van der Waals surface area contributed by atoms with Crippen LogP contribution in [0.3, 0.4) is 0 Å². The summed E-state index contributed by atoms with van der Waals surface area (Å²) in [4.78, 5) is 9.13. The van der Waals surface area contributed by atoms with Gasteiger partial charge in [0, 0.05) is 31.7 Å². The molecule has 1 saturated heterocycles. The van der Waals surface area contributed by atoms with Crippen molar-refractivity contribution < 1.29 is 14.9 Å². The smallest absolute Gasteiger partial charge is 0.119 e. The van der Waals surface area contributed by atoms with Gasteiger partial charge in [-0.1, -0.05) is 30.3 Å². The number of fused-ring (bicyclic) bond motifs is 1. The van der Waals surface area contributed by atoms with E-state index >= 15 is 0 Å². The van der Waals surface area contributed by atoms with Gasteiger partial charge in [-0.2, -0.15) is 0 Å². The van der Waals surface area contributed by atoms with Crippen LogP contribution in [0.5, 0.6) is 5.75 Å². The van der Waals surface area contributed by atoms with Crippen LogP contribution in [-0.2, 0) is 6.42 Å². The molecule has 2 N–H and O–H groups in total. The van der Waals surface area contributed by atoms with Gasteiger partial charge in [0.05, 0.1) is 30.6 Å². The van der Waals surface area contributed by atoms with Crippen LogP contribution in [0, 0.1) is 5.41 Å². The maximum absolute atomic E-state index is 11.4. The molecule has 1 aliphatic heterocycles. The molecule has 194 valence electrons. The predicted molar refractivity (Wildman–Crippen MR) is 147 cm³/mol. The fourth-order valence-corrected chi connectivity index (χ4v) is 5.49. The number of methoxy groups -OCH3 is 1. The molecule has 2 aromatic carbocycles. The third-order valence-electron chi connectivity index (χ3n) is 7.89. The number of nitrogens with zero attached hydrogens (tertiary/aromatic N) is 3. The number of aliphatic hydroxyl groups excluding tert-OH is 2. The van der Waals surface area contributed by atoms with Crippen LogP contribution in [0.25, 0.3) is 10.9 Å². The van der Waals surface area contributed by atoms with Gasteiger partial charge in [-0.25, -0.2) is 0 Å². The molecular weight excluding hydrogens is 450 g/mol. The van der Waals surface area contributed by atoms with Crippen LogP contribution in [-0.4, -0.2) is 67.5 Å². The Bertz CT molecular complexity index is 1110. The SMILES string of the molecule is COc1ccc2ncc(N(C)C)c([C@H](O)CCC3(CO)CCN(CCCc4ccccc4)CC3)c2c1. The summed E-state index contributed by atoms with van der Waals surface area (Å²) >= 11 is 0. The maximum Gasteiger partial charge on any atom is 0.119 e. The number of hydrogen-bond acceptors (Lipinski definition) is 6. The van der Waals surface area contributed by atoms with Gasteiger partial charge in [0.1, 0.15) is 5.75 Å². The van der Waals surface area contributed by atoms with Crippen LogP contribution in [0.15, 0.2) is 54.7 Å². The summed E-state index contributed by atoms with van der Waals surface area (Å²) in [7, 11) is 5.60. The standard InChI is InChI=1S/C30H41N3O3/c1-32(2)27-21-31-26-12-11-24(36-3)20-25(26)29(27)28(35)13-14-30(22-34)15-18-33(19-16-30)17-7-10-23-8-5-4-6-9-23/h4-6,8-9,11-12,20-21,28,34-35H,7,10,13-19,22H2,1-3H3/t28-/m1/s1. The number of aryl methyl sites for hydroxylation is 1. The summed E-state index contributed by atoms with van der Waals surface area (Å²) in [5.41, 5.74) is 3.91. The molecule has 1 atom stereocenters. The number of anilines is 1. The molecule has 0 bridgehead atoms. The van der Waals surface area contributed by atoms with E-state index in [0.29, 0.717) is 6.42 Å². The predicted octanol–water partition coefficient (Wildman–Crippen LogP) is 4.83. The number of benzene rings is 2.